The van der Waals surface area contributed by atoms with Gasteiger partial charge in [0.05, 0.1) is 6.04 Å². The summed E-state index contributed by atoms with van der Waals surface area (Å²) in [6.07, 6.45) is 6.49. The minimum atomic E-state index is 0.0402. The van der Waals surface area contributed by atoms with Crippen LogP contribution in [-0.4, -0.2) is 40.5 Å². The fourth-order valence-corrected chi connectivity index (χ4v) is 3.52. The standard InChI is InChI=1S/C20H26N4O/c1-15(11-16-7-5-4-6-8-16)13-21-14-17-12-18(25)24(3)19(17)20-22-9-10-23(20)2/h4-11,17,19,21H,12-14H2,1-3H3/b15-11+/t17-,19+/m0/s1. The molecule has 2 atom stereocenters. The summed E-state index contributed by atoms with van der Waals surface area (Å²) < 4.78 is 2.01. The van der Waals surface area contributed by atoms with Gasteiger partial charge in [-0.15, -0.1) is 0 Å². The lowest BCUT2D eigenvalue weighted by molar-refractivity contribution is -0.127. The van der Waals surface area contributed by atoms with Crippen LogP contribution in [0.4, 0.5) is 0 Å². The molecule has 1 aromatic carbocycles. The van der Waals surface area contributed by atoms with Crippen LogP contribution in [0.3, 0.4) is 0 Å². The lowest BCUT2D eigenvalue weighted by atomic mass is 9.99. The fourth-order valence-electron chi connectivity index (χ4n) is 3.52. The number of hydrogen-bond donors (Lipinski definition) is 1. The van der Waals surface area contributed by atoms with Gasteiger partial charge in [0.25, 0.3) is 0 Å². The van der Waals surface area contributed by atoms with Crippen molar-refractivity contribution >= 4 is 12.0 Å². The van der Waals surface area contributed by atoms with Gasteiger partial charge in [-0.1, -0.05) is 42.0 Å². The number of rotatable bonds is 6. The Morgan fingerprint density at radius 1 is 1.32 bits per heavy atom. The van der Waals surface area contributed by atoms with E-state index in [1.54, 1.807) is 6.20 Å². The molecule has 1 saturated heterocycles. The molecule has 132 valence electrons. The first-order chi connectivity index (χ1) is 12.1. The van der Waals surface area contributed by atoms with Crippen LogP contribution < -0.4 is 5.32 Å². The molecule has 0 saturated carbocycles. The summed E-state index contributed by atoms with van der Waals surface area (Å²) in [5.74, 6) is 1.39. The molecule has 0 aliphatic carbocycles. The topological polar surface area (TPSA) is 50.2 Å². The predicted octanol–water partition coefficient (Wildman–Crippen LogP) is 2.63. The average Bonchev–Trinajstić information content (AvgIpc) is 3.12. The van der Waals surface area contributed by atoms with E-state index in [4.69, 9.17) is 0 Å². The van der Waals surface area contributed by atoms with Crippen LogP contribution in [0.1, 0.15) is 30.8 Å². The molecule has 2 heterocycles. The molecule has 5 nitrogen and oxygen atoms in total. The second-order valence-electron chi connectivity index (χ2n) is 6.84. The monoisotopic (exact) mass is 338 g/mol. The van der Waals surface area contributed by atoms with Crippen molar-refractivity contribution in [1.82, 2.24) is 19.8 Å². The van der Waals surface area contributed by atoms with Gasteiger partial charge in [0, 0.05) is 51.9 Å². The van der Waals surface area contributed by atoms with Crippen LogP contribution in [0, 0.1) is 5.92 Å². The van der Waals surface area contributed by atoms with Crippen molar-refractivity contribution in [2.45, 2.75) is 19.4 Å². The zero-order chi connectivity index (χ0) is 17.8. The van der Waals surface area contributed by atoms with Crippen molar-refractivity contribution in [3.8, 4) is 0 Å². The Bertz CT molecular complexity index is 750. The van der Waals surface area contributed by atoms with E-state index >= 15 is 0 Å². The van der Waals surface area contributed by atoms with Crippen molar-refractivity contribution in [3.63, 3.8) is 0 Å². The quantitative estimate of drug-likeness (QED) is 0.881. The van der Waals surface area contributed by atoms with Gasteiger partial charge in [-0.2, -0.15) is 0 Å². The van der Waals surface area contributed by atoms with E-state index in [9.17, 15) is 4.79 Å². The summed E-state index contributed by atoms with van der Waals surface area (Å²) in [5, 5.41) is 3.52. The number of hydrogen-bond acceptors (Lipinski definition) is 3. The summed E-state index contributed by atoms with van der Waals surface area (Å²) in [5.41, 5.74) is 2.49. The highest BCUT2D eigenvalue weighted by Gasteiger charge is 2.40. The third-order valence-corrected chi connectivity index (χ3v) is 4.84. The minimum Gasteiger partial charge on any atom is -0.336 e. The molecule has 5 heteroatoms. The SMILES string of the molecule is C/C(=C\c1ccccc1)CNC[C@@H]1CC(=O)N(C)[C@H]1c1nccn1C. The molecule has 2 aromatic rings. The highest BCUT2D eigenvalue weighted by atomic mass is 16.2. The highest BCUT2D eigenvalue weighted by Crippen LogP contribution is 2.35. The Labute approximate surface area is 149 Å². The summed E-state index contributed by atoms with van der Waals surface area (Å²) in [6.45, 7) is 3.74. The largest absolute Gasteiger partial charge is 0.336 e. The highest BCUT2D eigenvalue weighted by molar-refractivity contribution is 5.79. The maximum absolute atomic E-state index is 12.2. The van der Waals surface area contributed by atoms with Crippen molar-refractivity contribution < 1.29 is 4.79 Å². The first-order valence-corrected chi connectivity index (χ1v) is 8.72. The number of likely N-dealkylation sites (tertiary alicyclic amines) is 1. The molecule has 1 aliphatic rings. The third-order valence-electron chi connectivity index (χ3n) is 4.84. The van der Waals surface area contributed by atoms with Crippen LogP contribution >= 0.6 is 0 Å². The molecule has 1 N–H and O–H groups in total. The molecule has 1 amide bonds. The number of carbonyl (C=O) groups excluding carboxylic acids is 1. The Hall–Kier alpha value is -2.40. The molecule has 0 unspecified atom stereocenters. The van der Waals surface area contributed by atoms with E-state index in [0.717, 1.165) is 18.9 Å². The maximum atomic E-state index is 12.2. The lowest BCUT2D eigenvalue weighted by Gasteiger charge is -2.24. The Morgan fingerprint density at radius 2 is 2.08 bits per heavy atom. The van der Waals surface area contributed by atoms with Gasteiger partial charge in [0.2, 0.25) is 5.91 Å². The van der Waals surface area contributed by atoms with E-state index in [1.807, 2.05) is 48.0 Å². The number of aryl methyl sites for hydroxylation is 1. The van der Waals surface area contributed by atoms with Crippen molar-refractivity contribution in [3.05, 3.63) is 59.7 Å². The lowest BCUT2D eigenvalue weighted by Crippen LogP contribution is -2.31. The van der Waals surface area contributed by atoms with Crippen molar-refractivity contribution in [1.29, 1.82) is 0 Å². The Balaban J connectivity index is 1.61. The molecule has 1 aliphatic heterocycles. The van der Waals surface area contributed by atoms with Gasteiger partial charge in [-0.3, -0.25) is 4.79 Å². The van der Waals surface area contributed by atoms with Crippen LogP contribution in [0.15, 0.2) is 48.3 Å². The summed E-state index contributed by atoms with van der Waals surface area (Å²) in [4.78, 5) is 18.5. The fraction of sp³-hybridized carbons (Fsp3) is 0.400. The minimum absolute atomic E-state index is 0.0402. The van der Waals surface area contributed by atoms with Gasteiger partial charge < -0.3 is 14.8 Å². The number of carbonyl (C=O) groups is 1. The molecular weight excluding hydrogens is 312 g/mol. The summed E-state index contributed by atoms with van der Waals surface area (Å²) >= 11 is 0. The number of imidazole rings is 1. The number of aromatic nitrogens is 2. The van der Waals surface area contributed by atoms with Crippen molar-refractivity contribution in [2.24, 2.45) is 13.0 Å². The molecule has 3 rings (SSSR count). The number of amides is 1. The third kappa shape index (κ3) is 3.99. The predicted molar refractivity (Wildman–Crippen MR) is 99.8 cm³/mol. The molecule has 0 radical (unpaired) electrons. The second kappa shape index (κ2) is 7.66. The van der Waals surface area contributed by atoms with Gasteiger partial charge in [0.15, 0.2) is 0 Å². The Kier molecular flexibility index (Phi) is 5.34. The van der Waals surface area contributed by atoms with E-state index < -0.39 is 0 Å². The molecule has 1 aromatic heterocycles. The number of nitrogens with one attached hydrogen (secondary N) is 1. The maximum Gasteiger partial charge on any atom is 0.223 e. The normalized spacial score (nSPS) is 21.2. The average molecular weight is 338 g/mol. The zero-order valence-electron chi connectivity index (χ0n) is 15.1. The van der Waals surface area contributed by atoms with E-state index in [1.165, 1.54) is 11.1 Å². The van der Waals surface area contributed by atoms with Crippen LogP contribution in [0.5, 0.6) is 0 Å². The first kappa shape index (κ1) is 17.4. The summed E-state index contributed by atoms with van der Waals surface area (Å²) in [6, 6.07) is 10.4. The summed E-state index contributed by atoms with van der Waals surface area (Å²) in [7, 11) is 3.86. The van der Waals surface area contributed by atoms with Gasteiger partial charge in [0.1, 0.15) is 5.82 Å². The molecule has 1 fully saturated rings. The molecule has 25 heavy (non-hydrogen) atoms. The molecule has 0 spiro atoms. The number of benzene rings is 1. The van der Waals surface area contributed by atoms with Crippen LogP contribution in [-0.2, 0) is 11.8 Å². The van der Waals surface area contributed by atoms with Crippen molar-refractivity contribution in [2.75, 3.05) is 20.1 Å². The van der Waals surface area contributed by atoms with E-state index in [2.05, 4.69) is 35.4 Å². The van der Waals surface area contributed by atoms with Crippen LogP contribution in [0.25, 0.3) is 6.08 Å². The van der Waals surface area contributed by atoms with E-state index in [-0.39, 0.29) is 17.9 Å². The number of nitrogens with zero attached hydrogens (tertiary/aromatic N) is 3. The van der Waals surface area contributed by atoms with Crippen LogP contribution in [0.2, 0.25) is 0 Å². The van der Waals surface area contributed by atoms with Gasteiger partial charge >= 0.3 is 0 Å². The first-order valence-electron chi connectivity index (χ1n) is 8.72. The second-order valence-corrected chi connectivity index (χ2v) is 6.84. The Morgan fingerprint density at radius 3 is 2.76 bits per heavy atom. The molecule has 0 bridgehead atoms. The van der Waals surface area contributed by atoms with Gasteiger partial charge in [-0.05, 0) is 12.5 Å². The zero-order valence-corrected chi connectivity index (χ0v) is 15.1. The smallest absolute Gasteiger partial charge is 0.223 e. The van der Waals surface area contributed by atoms with Gasteiger partial charge in [-0.25, -0.2) is 4.98 Å². The molecular formula is C20H26N4O. The van der Waals surface area contributed by atoms with E-state index in [0.29, 0.717) is 6.42 Å².